The van der Waals surface area contributed by atoms with Crippen LogP contribution in [-0.4, -0.2) is 47.4 Å². The van der Waals surface area contributed by atoms with E-state index in [9.17, 15) is 19.8 Å². The summed E-state index contributed by atoms with van der Waals surface area (Å²) in [6.07, 6.45) is 76.5. The Labute approximate surface area is 450 Å². The second-order valence-electron chi connectivity index (χ2n) is 22.5. The largest absolute Gasteiger partial charge is 0.466 e. The molecular formula is C66H127NO5. The van der Waals surface area contributed by atoms with E-state index in [1.165, 1.54) is 276 Å². The molecule has 0 radical (unpaired) electrons. The van der Waals surface area contributed by atoms with Gasteiger partial charge in [-0.3, -0.25) is 9.59 Å². The monoisotopic (exact) mass is 1010 g/mol. The van der Waals surface area contributed by atoms with E-state index in [4.69, 9.17) is 4.74 Å². The first-order valence-corrected chi connectivity index (χ1v) is 32.6. The van der Waals surface area contributed by atoms with Gasteiger partial charge in [0.05, 0.1) is 25.4 Å². The summed E-state index contributed by atoms with van der Waals surface area (Å²) in [5.41, 5.74) is 0. The van der Waals surface area contributed by atoms with Crippen LogP contribution in [0.25, 0.3) is 0 Å². The van der Waals surface area contributed by atoms with Crippen molar-refractivity contribution in [2.45, 2.75) is 373 Å². The zero-order chi connectivity index (χ0) is 52.2. The molecule has 6 heteroatoms. The zero-order valence-electron chi connectivity index (χ0n) is 48.7. The minimum Gasteiger partial charge on any atom is -0.466 e. The Morgan fingerprint density at radius 3 is 0.986 bits per heavy atom. The van der Waals surface area contributed by atoms with Crippen molar-refractivity contribution in [1.29, 1.82) is 0 Å². The summed E-state index contributed by atoms with van der Waals surface area (Å²) in [6.45, 7) is 4.90. The molecular weight excluding hydrogens is 887 g/mol. The van der Waals surface area contributed by atoms with Crippen LogP contribution in [0.4, 0.5) is 0 Å². The van der Waals surface area contributed by atoms with Gasteiger partial charge in [-0.25, -0.2) is 0 Å². The Morgan fingerprint density at radius 1 is 0.375 bits per heavy atom. The summed E-state index contributed by atoms with van der Waals surface area (Å²) in [4.78, 5) is 24.6. The molecule has 0 heterocycles. The van der Waals surface area contributed by atoms with Crippen molar-refractivity contribution in [3.8, 4) is 0 Å². The topological polar surface area (TPSA) is 95.9 Å². The van der Waals surface area contributed by atoms with Crippen LogP contribution in [-0.2, 0) is 14.3 Å². The highest BCUT2D eigenvalue weighted by molar-refractivity contribution is 5.76. The van der Waals surface area contributed by atoms with Gasteiger partial charge in [0.25, 0.3) is 0 Å². The number of hydrogen-bond acceptors (Lipinski definition) is 5. The number of nitrogens with one attached hydrogen (secondary N) is 1. The van der Waals surface area contributed by atoms with E-state index >= 15 is 0 Å². The van der Waals surface area contributed by atoms with E-state index < -0.39 is 12.1 Å². The summed E-state index contributed by atoms with van der Waals surface area (Å²) in [5, 5.41) is 23.2. The Morgan fingerprint density at radius 2 is 0.653 bits per heavy atom. The van der Waals surface area contributed by atoms with Crippen LogP contribution in [0.1, 0.15) is 361 Å². The first-order valence-electron chi connectivity index (χ1n) is 32.6. The third-order valence-electron chi connectivity index (χ3n) is 15.2. The van der Waals surface area contributed by atoms with Gasteiger partial charge in [-0.15, -0.1) is 0 Å². The number of carbonyl (C=O) groups is 2. The molecule has 0 rings (SSSR count). The molecule has 0 saturated heterocycles. The van der Waals surface area contributed by atoms with E-state index in [0.29, 0.717) is 19.4 Å². The molecule has 0 aromatic rings. The molecule has 426 valence electrons. The summed E-state index contributed by atoms with van der Waals surface area (Å²) in [7, 11) is 0. The maximum Gasteiger partial charge on any atom is 0.305 e. The lowest BCUT2D eigenvalue weighted by Crippen LogP contribution is -2.45. The van der Waals surface area contributed by atoms with Gasteiger partial charge in [0.15, 0.2) is 0 Å². The molecule has 0 aliphatic rings. The Hall–Kier alpha value is -1.66. The number of rotatable bonds is 61. The van der Waals surface area contributed by atoms with E-state index in [2.05, 4.69) is 31.3 Å². The van der Waals surface area contributed by atoms with Crippen LogP contribution < -0.4 is 5.32 Å². The molecule has 72 heavy (non-hydrogen) atoms. The molecule has 2 atom stereocenters. The van der Waals surface area contributed by atoms with Gasteiger partial charge < -0.3 is 20.3 Å². The number of allylic oxidation sites excluding steroid dienone is 3. The number of hydrogen-bond donors (Lipinski definition) is 3. The van der Waals surface area contributed by atoms with Crippen molar-refractivity contribution in [3.05, 3.63) is 24.3 Å². The molecule has 0 spiro atoms. The molecule has 0 fully saturated rings. The molecule has 3 N–H and O–H groups in total. The quantitative estimate of drug-likeness (QED) is 0.0320. The van der Waals surface area contributed by atoms with E-state index in [1.54, 1.807) is 6.08 Å². The van der Waals surface area contributed by atoms with Crippen molar-refractivity contribution in [2.24, 2.45) is 0 Å². The lowest BCUT2D eigenvalue weighted by Gasteiger charge is -2.20. The normalized spacial score (nSPS) is 12.7. The highest BCUT2D eigenvalue weighted by Gasteiger charge is 2.18. The maximum atomic E-state index is 12.5. The standard InChI is InChI=1S/C66H127NO5/c1-3-5-7-9-11-13-15-17-19-21-23-24-25-26-27-29-30-32-34-38-42-46-50-54-58-64(69)63(62-68)67-65(70)59-55-51-47-43-39-36-37-41-45-49-53-57-61-72-66(71)60-56-52-48-44-40-35-33-31-28-22-20-18-16-14-12-10-8-6-4-2/h18,20,54,58,63-64,68-69H,3-17,19,21-53,55-57,59-62H2,1-2H3,(H,67,70)/b20-18-,58-54+. The molecule has 2 unspecified atom stereocenters. The third-order valence-corrected chi connectivity index (χ3v) is 15.2. The van der Waals surface area contributed by atoms with Crippen molar-refractivity contribution in [2.75, 3.05) is 13.2 Å². The molecule has 0 saturated carbocycles. The second kappa shape index (κ2) is 61.9. The second-order valence-corrected chi connectivity index (χ2v) is 22.5. The molecule has 0 aliphatic carbocycles. The van der Waals surface area contributed by atoms with Gasteiger partial charge in [-0.2, -0.15) is 0 Å². The van der Waals surface area contributed by atoms with Gasteiger partial charge in [0.1, 0.15) is 0 Å². The molecule has 6 nitrogen and oxygen atoms in total. The van der Waals surface area contributed by atoms with Crippen LogP contribution >= 0.6 is 0 Å². The van der Waals surface area contributed by atoms with Crippen molar-refractivity contribution < 1.29 is 24.5 Å². The fourth-order valence-corrected chi connectivity index (χ4v) is 10.2. The Bertz CT molecular complexity index is 1120. The van der Waals surface area contributed by atoms with Crippen LogP contribution in [0.3, 0.4) is 0 Å². The van der Waals surface area contributed by atoms with Gasteiger partial charge >= 0.3 is 5.97 Å². The van der Waals surface area contributed by atoms with Crippen molar-refractivity contribution >= 4 is 11.9 Å². The summed E-state index contributed by atoms with van der Waals surface area (Å²) < 4.78 is 5.49. The predicted octanol–water partition coefficient (Wildman–Crippen LogP) is 20.6. The first-order chi connectivity index (χ1) is 35.5. The van der Waals surface area contributed by atoms with Crippen LogP contribution in [0.15, 0.2) is 24.3 Å². The van der Waals surface area contributed by atoms with Crippen molar-refractivity contribution in [1.82, 2.24) is 5.32 Å². The zero-order valence-corrected chi connectivity index (χ0v) is 48.7. The van der Waals surface area contributed by atoms with Gasteiger partial charge in [-0.1, -0.05) is 314 Å². The minimum atomic E-state index is -0.856. The third kappa shape index (κ3) is 57.6. The Kier molecular flexibility index (Phi) is 60.5. The molecule has 0 aliphatic heterocycles. The van der Waals surface area contributed by atoms with Gasteiger partial charge in [0, 0.05) is 12.8 Å². The molecule has 0 aromatic carbocycles. The highest BCUT2D eigenvalue weighted by atomic mass is 16.5. The van der Waals surface area contributed by atoms with E-state index in [-0.39, 0.29) is 18.5 Å². The number of aliphatic hydroxyl groups excluding tert-OH is 2. The average molecular weight is 1010 g/mol. The number of unbranched alkanes of at least 4 members (excludes halogenated alkanes) is 48. The number of amides is 1. The lowest BCUT2D eigenvalue weighted by atomic mass is 10.0. The van der Waals surface area contributed by atoms with Crippen molar-refractivity contribution in [3.63, 3.8) is 0 Å². The van der Waals surface area contributed by atoms with Gasteiger partial charge in [0.2, 0.25) is 5.91 Å². The van der Waals surface area contributed by atoms with E-state index in [0.717, 1.165) is 57.8 Å². The van der Waals surface area contributed by atoms with Crippen LogP contribution in [0.2, 0.25) is 0 Å². The van der Waals surface area contributed by atoms with Crippen LogP contribution in [0.5, 0.6) is 0 Å². The predicted molar refractivity (Wildman–Crippen MR) is 315 cm³/mol. The highest BCUT2D eigenvalue weighted by Crippen LogP contribution is 2.18. The summed E-state index contributed by atoms with van der Waals surface area (Å²) in [5.74, 6) is -0.0897. The first kappa shape index (κ1) is 70.3. The van der Waals surface area contributed by atoms with Crippen LogP contribution in [0, 0.1) is 0 Å². The minimum absolute atomic E-state index is 0.0101. The Balaban J connectivity index is 3.46. The fraction of sp³-hybridized carbons (Fsp3) is 0.909. The molecule has 0 aromatic heterocycles. The van der Waals surface area contributed by atoms with E-state index in [1.807, 2.05) is 6.08 Å². The SMILES string of the molecule is CCCCCCCC/C=C\CCCCCCCCCCCC(=O)OCCCCCCCCCCCCCCC(=O)NC(CO)C(O)/C=C/CCCCCCCCCCCCCCCCCCCCCCCC. The summed E-state index contributed by atoms with van der Waals surface area (Å²) >= 11 is 0. The number of ether oxygens (including phenoxy) is 1. The summed E-state index contributed by atoms with van der Waals surface area (Å²) in [6, 6.07) is -0.641. The molecule has 1 amide bonds. The lowest BCUT2D eigenvalue weighted by molar-refractivity contribution is -0.143. The maximum absolute atomic E-state index is 12.5. The number of esters is 1. The smallest absolute Gasteiger partial charge is 0.305 e. The fourth-order valence-electron chi connectivity index (χ4n) is 10.2. The average Bonchev–Trinajstić information content (AvgIpc) is 3.38. The molecule has 0 bridgehead atoms. The van der Waals surface area contributed by atoms with Gasteiger partial charge in [-0.05, 0) is 57.8 Å². The number of aliphatic hydroxyl groups is 2. The number of carbonyl (C=O) groups excluding carboxylic acids is 2.